The number of fused-ring (bicyclic) bond motifs is 1. The first-order chi connectivity index (χ1) is 14.1. The molecule has 4 rings (SSSR count). The quantitative estimate of drug-likeness (QED) is 0.647. The maximum atomic E-state index is 12.6. The van der Waals surface area contributed by atoms with Crippen LogP contribution in [0.1, 0.15) is 20.8 Å². The van der Waals surface area contributed by atoms with Crippen LogP contribution < -0.4 is 10.1 Å². The van der Waals surface area contributed by atoms with Gasteiger partial charge < -0.3 is 15.0 Å². The number of thiophene rings is 1. The first-order valence-electron chi connectivity index (χ1n) is 9.21. The summed E-state index contributed by atoms with van der Waals surface area (Å²) in [6, 6.07) is 16.5. The largest absolute Gasteiger partial charge is 0.484 e. The minimum Gasteiger partial charge on any atom is -0.484 e. The van der Waals surface area contributed by atoms with Crippen LogP contribution in [0.25, 0.3) is 0 Å². The summed E-state index contributed by atoms with van der Waals surface area (Å²) in [6.07, 6.45) is 0.804. The zero-order valence-corrected chi connectivity index (χ0v) is 17.1. The molecule has 0 aliphatic carbocycles. The third-order valence-electron chi connectivity index (χ3n) is 4.69. The van der Waals surface area contributed by atoms with Crippen molar-refractivity contribution in [2.24, 2.45) is 0 Å². The SMILES string of the molecule is O=C(COc1cccc(Cl)c1)Nc1ccc2c(c1)CN(C(=O)c1cccs1)CC2. The van der Waals surface area contributed by atoms with E-state index >= 15 is 0 Å². The molecule has 1 aliphatic heterocycles. The average Bonchev–Trinajstić information content (AvgIpc) is 3.26. The molecule has 2 aromatic carbocycles. The van der Waals surface area contributed by atoms with Gasteiger partial charge in [-0.15, -0.1) is 11.3 Å². The van der Waals surface area contributed by atoms with E-state index in [-0.39, 0.29) is 18.4 Å². The van der Waals surface area contributed by atoms with E-state index in [1.807, 2.05) is 40.6 Å². The normalized spacial score (nSPS) is 12.9. The molecule has 0 atom stereocenters. The maximum Gasteiger partial charge on any atom is 0.264 e. The van der Waals surface area contributed by atoms with Crippen molar-refractivity contribution in [3.05, 3.63) is 81.0 Å². The molecule has 29 heavy (non-hydrogen) atoms. The van der Waals surface area contributed by atoms with Gasteiger partial charge >= 0.3 is 0 Å². The number of amides is 2. The average molecular weight is 427 g/mol. The molecular weight excluding hydrogens is 408 g/mol. The van der Waals surface area contributed by atoms with Gasteiger partial charge in [-0.25, -0.2) is 0 Å². The summed E-state index contributed by atoms with van der Waals surface area (Å²) in [5.41, 5.74) is 2.94. The van der Waals surface area contributed by atoms with Crippen molar-refractivity contribution < 1.29 is 14.3 Å². The highest BCUT2D eigenvalue weighted by atomic mass is 35.5. The summed E-state index contributed by atoms with van der Waals surface area (Å²) in [5, 5.41) is 5.31. The lowest BCUT2D eigenvalue weighted by Gasteiger charge is -2.29. The van der Waals surface area contributed by atoms with E-state index in [0.29, 0.717) is 29.5 Å². The van der Waals surface area contributed by atoms with Crippen LogP contribution >= 0.6 is 22.9 Å². The molecule has 1 N–H and O–H groups in total. The Morgan fingerprint density at radius 3 is 2.79 bits per heavy atom. The molecular formula is C22H19ClN2O3S. The van der Waals surface area contributed by atoms with Gasteiger partial charge in [-0.1, -0.05) is 29.8 Å². The molecule has 5 nitrogen and oxygen atoms in total. The number of benzene rings is 2. The Kier molecular flexibility index (Phi) is 5.83. The lowest BCUT2D eigenvalue weighted by molar-refractivity contribution is -0.118. The number of nitrogens with one attached hydrogen (secondary N) is 1. The fourth-order valence-electron chi connectivity index (χ4n) is 3.27. The number of anilines is 1. The van der Waals surface area contributed by atoms with Crippen molar-refractivity contribution in [2.75, 3.05) is 18.5 Å². The molecule has 1 aliphatic rings. The van der Waals surface area contributed by atoms with Gasteiger partial charge in [0.15, 0.2) is 6.61 Å². The summed E-state index contributed by atoms with van der Waals surface area (Å²) in [6.45, 7) is 1.12. The van der Waals surface area contributed by atoms with Crippen LogP contribution in [0.2, 0.25) is 5.02 Å². The molecule has 2 heterocycles. The lowest BCUT2D eigenvalue weighted by atomic mass is 9.99. The van der Waals surface area contributed by atoms with E-state index in [9.17, 15) is 9.59 Å². The van der Waals surface area contributed by atoms with Crippen molar-refractivity contribution in [1.29, 1.82) is 0 Å². The van der Waals surface area contributed by atoms with Crippen molar-refractivity contribution in [3.63, 3.8) is 0 Å². The number of nitrogens with zero attached hydrogens (tertiary/aromatic N) is 1. The number of halogens is 1. The summed E-state index contributed by atoms with van der Waals surface area (Å²) in [4.78, 5) is 27.4. The van der Waals surface area contributed by atoms with Gasteiger partial charge in [-0.05, 0) is 59.3 Å². The van der Waals surface area contributed by atoms with Crippen LogP contribution in [-0.2, 0) is 17.8 Å². The highest BCUT2D eigenvalue weighted by molar-refractivity contribution is 7.12. The van der Waals surface area contributed by atoms with Crippen molar-refractivity contribution in [1.82, 2.24) is 4.90 Å². The molecule has 2 amide bonds. The third-order valence-corrected chi connectivity index (χ3v) is 5.78. The van der Waals surface area contributed by atoms with Gasteiger partial charge in [0.1, 0.15) is 5.75 Å². The number of rotatable bonds is 5. The molecule has 0 saturated heterocycles. The topological polar surface area (TPSA) is 58.6 Å². The number of ether oxygens (including phenoxy) is 1. The highest BCUT2D eigenvalue weighted by Gasteiger charge is 2.22. The van der Waals surface area contributed by atoms with Crippen LogP contribution in [-0.4, -0.2) is 29.9 Å². The van der Waals surface area contributed by atoms with Crippen molar-refractivity contribution >= 4 is 40.4 Å². The van der Waals surface area contributed by atoms with Crippen LogP contribution in [0.15, 0.2) is 60.0 Å². The second-order valence-corrected chi connectivity index (χ2v) is 8.12. The molecule has 0 bridgehead atoms. The van der Waals surface area contributed by atoms with E-state index in [4.69, 9.17) is 16.3 Å². The molecule has 3 aromatic rings. The molecule has 0 unspecified atom stereocenters. The Balaban J connectivity index is 1.38. The second-order valence-electron chi connectivity index (χ2n) is 6.73. The number of hydrogen-bond acceptors (Lipinski definition) is 4. The Morgan fingerprint density at radius 2 is 2.00 bits per heavy atom. The monoisotopic (exact) mass is 426 g/mol. The molecule has 0 fully saturated rings. The fourth-order valence-corrected chi connectivity index (χ4v) is 4.14. The molecule has 0 saturated carbocycles. The van der Waals surface area contributed by atoms with E-state index in [1.54, 1.807) is 24.3 Å². The zero-order chi connectivity index (χ0) is 20.2. The molecule has 0 radical (unpaired) electrons. The second kappa shape index (κ2) is 8.68. The number of hydrogen-bond donors (Lipinski definition) is 1. The summed E-state index contributed by atoms with van der Waals surface area (Å²) in [5.74, 6) is 0.336. The fraction of sp³-hybridized carbons (Fsp3) is 0.182. The Labute approximate surface area is 177 Å². The Hall–Kier alpha value is -2.83. The van der Waals surface area contributed by atoms with Gasteiger partial charge in [0, 0.05) is 23.8 Å². The van der Waals surface area contributed by atoms with Crippen LogP contribution in [0, 0.1) is 0 Å². The summed E-state index contributed by atoms with van der Waals surface area (Å²) < 4.78 is 5.48. The minimum atomic E-state index is -0.257. The zero-order valence-electron chi connectivity index (χ0n) is 15.6. The van der Waals surface area contributed by atoms with E-state index in [1.165, 1.54) is 16.9 Å². The number of carbonyl (C=O) groups excluding carboxylic acids is 2. The minimum absolute atomic E-state index is 0.0509. The van der Waals surface area contributed by atoms with E-state index in [0.717, 1.165) is 16.9 Å². The summed E-state index contributed by atoms with van der Waals surface area (Å²) >= 11 is 7.37. The van der Waals surface area contributed by atoms with Crippen molar-refractivity contribution in [3.8, 4) is 5.75 Å². The van der Waals surface area contributed by atoms with Crippen molar-refractivity contribution in [2.45, 2.75) is 13.0 Å². The predicted molar refractivity (Wildman–Crippen MR) is 115 cm³/mol. The van der Waals surface area contributed by atoms with Gasteiger partial charge in [-0.2, -0.15) is 0 Å². The van der Waals surface area contributed by atoms with E-state index < -0.39 is 0 Å². The Morgan fingerprint density at radius 1 is 1.10 bits per heavy atom. The first kappa shape index (κ1) is 19.5. The van der Waals surface area contributed by atoms with E-state index in [2.05, 4.69) is 5.32 Å². The van der Waals surface area contributed by atoms with Crippen LogP contribution in [0.4, 0.5) is 5.69 Å². The summed E-state index contributed by atoms with van der Waals surface area (Å²) in [7, 11) is 0. The predicted octanol–water partition coefficient (Wildman–Crippen LogP) is 4.62. The molecule has 7 heteroatoms. The Bertz CT molecular complexity index is 1040. The molecule has 0 spiro atoms. The van der Waals surface area contributed by atoms with Crippen LogP contribution in [0.5, 0.6) is 5.75 Å². The molecule has 148 valence electrons. The van der Waals surface area contributed by atoms with Gasteiger partial charge in [0.25, 0.3) is 11.8 Å². The van der Waals surface area contributed by atoms with Gasteiger partial charge in [-0.3, -0.25) is 9.59 Å². The highest BCUT2D eigenvalue weighted by Crippen LogP contribution is 2.25. The molecule has 1 aromatic heterocycles. The first-order valence-corrected chi connectivity index (χ1v) is 10.5. The van der Waals surface area contributed by atoms with Gasteiger partial charge in [0.05, 0.1) is 4.88 Å². The van der Waals surface area contributed by atoms with Gasteiger partial charge in [0.2, 0.25) is 0 Å². The smallest absolute Gasteiger partial charge is 0.264 e. The number of carbonyl (C=O) groups is 2. The lowest BCUT2D eigenvalue weighted by Crippen LogP contribution is -2.35. The standard InChI is InChI=1S/C22H19ClN2O3S/c23-17-3-1-4-19(12-17)28-14-21(26)24-18-7-6-15-8-9-25(13-16(15)11-18)22(27)20-5-2-10-29-20/h1-7,10-12H,8-9,13-14H2,(H,24,26). The maximum absolute atomic E-state index is 12.6. The third kappa shape index (κ3) is 4.78. The van der Waals surface area contributed by atoms with Crippen LogP contribution in [0.3, 0.4) is 0 Å².